The van der Waals surface area contributed by atoms with Crippen molar-refractivity contribution in [2.24, 2.45) is 0 Å². The Balaban J connectivity index is 2.49. The van der Waals surface area contributed by atoms with E-state index < -0.39 is 0 Å². The smallest absolute Gasteiger partial charge is 0.246 e. The lowest BCUT2D eigenvalue weighted by Gasteiger charge is -2.35. The number of piperidine rings is 1. The van der Waals surface area contributed by atoms with Gasteiger partial charge in [0.05, 0.1) is 0 Å². The molecule has 0 saturated carbocycles. The van der Waals surface area contributed by atoms with Crippen LogP contribution in [0.5, 0.6) is 0 Å². The van der Waals surface area contributed by atoms with Gasteiger partial charge >= 0.3 is 0 Å². The van der Waals surface area contributed by atoms with Crippen molar-refractivity contribution < 1.29 is 4.79 Å². The van der Waals surface area contributed by atoms with Crippen molar-refractivity contribution >= 4 is 5.91 Å². The van der Waals surface area contributed by atoms with Gasteiger partial charge in [0.15, 0.2) is 0 Å². The number of amides is 1. The summed E-state index contributed by atoms with van der Waals surface area (Å²) in [5.41, 5.74) is 0. The van der Waals surface area contributed by atoms with Crippen LogP contribution in [0.2, 0.25) is 0 Å². The van der Waals surface area contributed by atoms with E-state index >= 15 is 0 Å². The average Bonchev–Trinajstić information content (AvgIpc) is 2.28. The van der Waals surface area contributed by atoms with Crippen molar-refractivity contribution in [2.75, 3.05) is 27.2 Å². The number of rotatable bonds is 3. The zero-order chi connectivity index (χ0) is 12.0. The molecular formula is C13H22N2O. The summed E-state index contributed by atoms with van der Waals surface area (Å²) in [6.45, 7) is 4.07. The Kier molecular flexibility index (Phi) is 5.26. The summed E-state index contributed by atoms with van der Waals surface area (Å²) in [6, 6.07) is 0.363. The van der Waals surface area contributed by atoms with Crippen LogP contribution in [-0.2, 0) is 4.79 Å². The van der Waals surface area contributed by atoms with Gasteiger partial charge in [-0.2, -0.15) is 0 Å². The number of carbonyl (C=O) groups excluding carboxylic acids is 1. The number of likely N-dealkylation sites (N-methyl/N-ethyl adjacent to an activating group) is 2. The van der Waals surface area contributed by atoms with E-state index in [4.69, 9.17) is 0 Å². The standard InChI is InChI=1S/C13H22N2O/c1-4-5-6-9-13(16)15(3)12-8-7-10-14(2)11-12/h4-6,9,12H,7-8,10-11H2,1-3H3. The maximum absolute atomic E-state index is 11.8. The van der Waals surface area contributed by atoms with Crippen LogP contribution in [0.3, 0.4) is 0 Å². The highest BCUT2D eigenvalue weighted by molar-refractivity contribution is 5.87. The molecular weight excluding hydrogens is 200 g/mol. The van der Waals surface area contributed by atoms with Crippen molar-refractivity contribution in [3.05, 3.63) is 24.3 Å². The van der Waals surface area contributed by atoms with Crippen molar-refractivity contribution in [2.45, 2.75) is 25.8 Å². The SMILES string of the molecule is CC=CC=CC(=O)N(C)C1CCCN(C)C1. The second-order valence-electron chi connectivity index (χ2n) is 4.39. The van der Waals surface area contributed by atoms with Crippen LogP contribution in [0, 0.1) is 0 Å². The van der Waals surface area contributed by atoms with Crippen LogP contribution in [0.25, 0.3) is 0 Å². The molecule has 0 aromatic rings. The minimum Gasteiger partial charge on any atom is -0.338 e. The highest BCUT2D eigenvalue weighted by Crippen LogP contribution is 2.13. The molecule has 1 atom stereocenters. The first-order chi connectivity index (χ1) is 7.65. The first-order valence-corrected chi connectivity index (χ1v) is 5.90. The van der Waals surface area contributed by atoms with E-state index in [2.05, 4.69) is 11.9 Å². The Labute approximate surface area is 98.4 Å². The number of likely N-dealkylation sites (tertiary alicyclic amines) is 1. The highest BCUT2D eigenvalue weighted by atomic mass is 16.2. The van der Waals surface area contributed by atoms with Gasteiger partial charge in [0.2, 0.25) is 5.91 Å². The fraction of sp³-hybridized carbons (Fsp3) is 0.615. The van der Waals surface area contributed by atoms with Crippen molar-refractivity contribution in [1.29, 1.82) is 0 Å². The van der Waals surface area contributed by atoms with Gasteiger partial charge in [-0.15, -0.1) is 0 Å². The lowest BCUT2D eigenvalue weighted by molar-refractivity contribution is -0.127. The molecule has 0 aliphatic carbocycles. The third kappa shape index (κ3) is 3.81. The molecule has 1 aliphatic rings. The molecule has 1 aliphatic heterocycles. The lowest BCUT2D eigenvalue weighted by Crippen LogP contribution is -2.46. The third-order valence-electron chi connectivity index (χ3n) is 3.04. The van der Waals surface area contributed by atoms with Crippen molar-refractivity contribution in [3.63, 3.8) is 0 Å². The summed E-state index contributed by atoms with van der Waals surface area (Å²) in [4.78, 5) is 16.0. The Bertz CT molecular complexity index is 284. The number of hydrogen-bond donors (Lipinski definition) is 0. The van der Waals surface area contributed by atoms with Gasteiger partial charge < -0.3 is 9.80 Å². The van der Waals surface area contributed by atoms with E-state index in [0.29, 0.717) is 6.04 Å². The molecule has 1 fully saturated rings. The maximum Gasteiger partial charge on any atom is 0.246 e. The highest BCUT2D eigenvalue weighted by Gasteiger charge is 2.22. The summed E-state index contributed by atoms with van der Waals surface area (Å²) in [5.74, 6) is 0.0957. The first-order valence-electron chi connectivity index (χ1n) is 5.90. The molecule has 1 heterocycles. The van der Waals surface area contributed by atoms with E-state index in [1.54, 1.807) is 12.2 Å². The van der Waals surface area contributed by atoms with Crippen molar-refractivity contribution in [1.82, 2.24) is 9.80 Å². The van der Waals surface area contributed by atoms with Crippen LogP contribution in [0.4, 0.5) is 0 Å². The van der Waals surface area contributed by atoms with E-state index in [9.17, 15) is 4.79 Å². The molecule has 1 rings (SSSR count). The Morgan fingerprint density at radius 1 is 1.44 bits per heavy atom. The fourth-order valence-corrected chi connectivity index (χ4v) is 2.00. The fourth-order valence-electron chi connectivity index (χ4n) is 2.00. The van der Waals surface area contributed by atoms with Crippen LogP contribution < -0.4 is 0 Å². The zero-order valence-electron chi connectivity index (χ0n) is 10.5. The Morgan fingerprint density at radius 2 is 2.19 bits per heavy atom. The molecule has 1 amide bonds. The molecule has 90 valence electrons. The van der Waals surface area contributed by atoms with Crippen LogP contribution in [0.15, 0.2) is 24.3 Å². The molecule has 16 heavy (non-hydrogen) atoms. The second kappa shape index (κ2) is 6.48. The van der Waals surface area contributed by atoms with Gasteiger partial charge in [-0.05, 0) is 33.4 Å². The van der Waals surface area contributed by atoms with Crippen LogP contribution >= 0.6 is 0 Å². The summed E-state index contributed by atoms with van der Waals surface area (Å²) in [5, 5.41) is 0. The van der Waals surface area contributed by atoms with Gasteiger partial charge in [-0.3, -0.25) is 4.79 Å². The number of carbonyl (C=O) groups is 1. The summed E-state index contributed by atoms with van der Waals surface area (Å²) < 4.78 is 0. The van der Waals surface area contributed by atoms with Crippen molar-refractivity contribution in [3.8, 4) is 0 Å². The average molecular weight is 222 g/mol. The molecule has 0 radical (unpaired) electrons. The van der Waals surface area contributed by atoms with Gasteiger partial charge in [-0.1, -0.05) is 18.2 Å². The zero-order valence-corrected chi connectivity index (χ0v) is 10.5. The minimum atomic E-state index is 0.0957. The molecule has 1 saturated heterocycles. The molecule has 0 N–H and O–H groups in total. The molecule has 3 heteroatoms. The number of nitrogens with zero attached hydrogens (tertiary/aromatic N) is 2. The normalized spacial score (nSPS) is 23.1. The number of allylic oxidation sites excluding steroid dienone is 3. The van der Waals surface area contributed by atoms with Gasteiger partial charge in [-0.25, -0.2) is 0 Å². The number of hydrogen-bond acceptors (Lipinski definition) is 2. The molecule has 0 aromatic heterocycles. The van der Waals surface area contributed by atoms with Crippen LogP contribution in [0.1, 0.15) is 19.8 Å². The maximum atomic E-state index is 11.8. The summed E-state index contributed by atoms with van der Waals surface area (Å²) in [6.07, 6.45) is 9.51. The summed E-state index contributed by atoms with van der Waals surface area (Å²) in [7, 11) is 4.01. The lowest BCUT2D eigenvalue weighted by atomic mass is 10.1. The van der Waals surface area contributed by atoms with Gasteiger partial charge in [0.25, 0.3) is 0 Å². The second-order valence-corrected chi connectivity index (χ2v) is 4.39. The topological polar surface area (TPSA) is 23.6 Å². The summed E-state index contributed by atoms with van der Waals surface area (Å²) >= 11 is 0. The van der Waals surface area contributed by atoms with E-state index in [1.165, 1.54) is 6.42 Å². The monoisotopic (exact) mass is 222 g/mol. The molecule has 1 unspecified atom stereocenters. The first kappa shape index (κ1) is 13.0. The van der Waals surface area contributed by atoms with Gasteiger partial charge in [0, 0.05) is 25.7 Å². The molecule has 0 aromatic carbocycles. The molecule has 3 nitrogen and oxygen atoms in total. The predicted molar refractivity (Wildman–Crippen MR) is 67.2 cm³/mol. The van der Waals surface area contributed by atoms with Gasteiger partial charge in [0.1, 0.15) is 0 Å². The molecule has 0 bridgehead atoms. The minimum absolute atomic E-state index is 0.0957. The Morgan fingerprint density at radius 3 is 2.81 bits per heavy atom. The third-order valence-corrected chi connectivity index (χ3v) is 3.04. The van der Waals surface area contributed by atoms with E-state index in [0.717, 1.165) is 19.5 Å². The Hall–Kier alpha value is -1.09. The molecule has 0 spiro atoms. The van der Waals surface area contributed by atoms with E-state index in [-0.39, 0.29) is 5.91 Å². The predicted octanol–water partition coefficient (Wildman–Crippen LogP) is 1.67. The quantitative estimate of drug-likeness (QED) is 0.536. The van der Waals surface area contributed by atoms with Crippen LogP contribution in [-0.4, -0.2) is 48.9 Å². The van der Waals surface area contributed by atoms with E-state index in [1.807, 2.05) is 31.0 Å². The largest absolute Gasteiger partial charge is 0.338 e.